The van der Waals surface area contributed by atoms with Crippen LogP contribution >= 0.6 is 37.9 Å². The highest BCUT2D eigenvalue weighted by Gasteiger charge is 2.26. The molecule has 0 fully saturated rings. The van der Waals surface area contributed by atoms with Gasteiger partial charge < -0.3 is 35.7 Å². The Hall–Kier alpha value is -0.700. The normalized spacial score (nSPS) is 9.70. The smallest absolute Gasteiger partial charge is 0.303 e. The Labute approximate surface area is 193 Å². The molecule has 7 N–H and O–H groups in total. The van der Waals surface area contributed by atoms with E-state index in [1.165, 1.54) is 0 Å². The van der Waals surface area contributed by atoms with Crippen LogP contribution in [0.5, 0.6) is 0 Å². The first kappa shape index (κ1) is 36.7. The van der Waals surface area contributed by atoms with Gasteiger partial charge >= 0.3 is 17.9 Å². The monoisotopic (exact) mass is 496 g/mol. The van der Waals surface area contributed by atoms with E-state index in [9.17, 15) is 14.4 Å². The van der Waals surface area contributed by atoms with Crippen LogP contribution in [-0.2, 0) is 14.4 Å². The molecule has 0 radical (unpaired) electrons. The van der Waals surface area contributed by atoms with E-state index in [2.05, 4.69) is 37.9 Å². The van der Waals surface area contributed by atoms with Crippen molar-refractivity contribution in [1.82, 2.24) is 0 Å². The van der Waals surface area contributed by atoms with Gasteiger partial charge in [-0.2, -0.15) is 37.9 Å². The van der Waals surface area contributed by atoms with Crippen LogP contribution in [0.4, 0.5) is 0 Å². The van der Waals surface area contributed by atoms with Crippen LogP contribution in [-0.4, -0.2) is 97.3 Å². The highest BCUT2D eigenvalue weighted by Crippen LogP contribution is 2.11. The standard InChI is InChI=1S/C5H12O4.3C4H8O2S/c6-1-5(2-7,3-8)4-9;3*5-4(6)2-1-3-7/h6-9H,1-4H2;3*7H,1-3H2,(H,5,6). The van der Waals surface area contributed by atoms with Gasteiger partial charge in [-0.3, -0.25) is 14.4 Å². The van der Waals surface area contributed by atoms with Crippen molar-refractivity contribution in [3.63, 3.8) is 0 Å². The number of aliphatic hydroxyl groups is 4. The predicted octanol–water partition coefficient (Wildman–Crippen LogP) is 0.285. The van der Waals surface area contributed by atoms with E-state index < -0.39 is 49.8 Å². The summed E-state index contributed by atoms with van der Waals surface area (Å²) in [6.45, 7) is -1.62. The quantitative estimate of drug-likeness (QED) is 0.158. The van der Waals surface area contributed by atoms with Crippen molar-refractivity contribution in [2.45, 2.75) is 38.5 Å². The minimum absolute atomic E-state index is 0.240. The molecular weight excluding hydrogens is 460 g/mol. The summed E-state index contributed by atoms with van der Waals surface area (Å²) in [7, 11) is 0. The molecule has 0 amide bonds. The maximum absolute atomic E-state index is 9.72. The minimum Gasteiger partial charge on any atom is -0.481 e. The van der Waals surface area contributed by atoms with Crippen LogP contribution < -0.4 is 0 Å². The summed E-state index contributed by atoms with van der Waals surface area (Å²) in [6, 6.07) is 0. The molecule has 0 aliphatic carbocycles. The number of carboxylic acids is 3. The van der Waals surface area contributed by atoms with Crippen molar-refractivity contribution in [2.75, 3.05) is 43.7 Å². The molecule has 0 unspecified atom stereocenters. The molecule has 0 aromatic heterocycles. The van der Waals surface area contributed by atoms with Gasteiger partial charge in [0.1, 0.15) is 0 Å². The highest BCUT2D eigenvalue weighted by atomic mass is 32.1. The number of rotatable bonds is 13. The minimum atomic E-state index is -1.11. The topological polar surface area (TPSA) is 193 Å². The Morgan fingerprint density at radius 3 is 0.767 bits per heavy atom. The molecular formula is C17H36O10S3. The summed E-state index contributed by atoms with van der Waals surface area (Å²) >= 11 is 11.5. The van der Waals surface area contributed by atoms with Gasteiger partial charge in [-0.1, -0.05) is 0 Å². The first-order valence-electron chi connectivity index (χ1n) is 8.97. The Kier molecular flexibility index (Phi) is 34.6. The Morgan fingerprint density at radius 2 is 0.733 bits per heavy atom. The summed E-state index contributed by atoms with van der Waals surface area (Å²) in [6.07, 6.45) is 2.71. The van der Waals surface area contributed by atoms with Gasteiger partial charge in [0.15, 0.2) is 0 Å². The van der Waals surface area contributed by atoms with E-state index in [0.29, 0.717) is 36.5 Å². The van der Waals surface area contributed by atoms with Crippen molar-refractivity contribution in [3.05, 3.63) is 0 Å². The molecule has 30 heavy (non-hydrogen) atoms. The van der Waals surface area contributed by atoms with Crippen LogP contribution in [0.3, 0.4) is 0 Å². The van der Waals surface area contributed by atoms with Crippen molar-refractivity contribution < 1.29 is 50.1 Å². The third-order valence-electron chi connectivity index (χ3n) is 2.99. The van der Waals surface area contributed by atoms with Gasteiger partial charge in [0.05, 0.1) is 31.8 Å². The summed E-state index contributed by atoms with van der Waals surface area (Å²) in [5, 5.41) is 58.0. The van der Waals surface area contributed by atoms with Crippen molar-refractivity contribution in [2.24, 2.45) is 5.41 Å². The lowest BCUT2D eigenvalue weighted by Gasteiger charge is -2.23. The lowest BCUT2D eigenvalue weighted by Crippen LogP contribution is -2.37. The molecule has 0 atom stereocenters. The van der Waals surface area contributed by atoms with Gasteiger partial charge in [-0.15, -0.1) is 0 Å². The van der Waals surface area contributed by atoms with Crippen molar-refractivity contribution in [3.8, 4) is 0 Å². The summed E-state index contributed by atoms with van der Waals surface area (Å²) < 4.78 is 0. The second-order valence-electron chi connectivity index (χ2n) is 5.80. The summed E-state index contributed by atoms with van der Waals surface area (Å²) in [5.41, 5.74) is -1.11. The molecule has 0 saturated heterocycles. The number of aliphatic carboxylic acids is 3. The van der Waals surface area contributed by atoms with E-state index in [0.717, 1.165) is 0 Å². The average Bonchev–Trinajstić information content (AvgIpc) is 2.72. The number of aliphatic hydroxyl groups excluding tert-OH is 4. The predicted molar refractivity (Wildman–Crippen MR) is 123 cm³/mol. The molecule has 10 nitrogen and oxygen atoms in total. The maximum atomic E-state index is 9.72. The molecule has 182 valence electrons. The summed E-state index contributed by atoms with van der Waals surface area (Å²) in [5.74, 6) is -0.248. The molecule has 0 saturated carbocycles. The molecule has 0 aromatic carbocycles. The highest BCUT2D eigenvalue weighted by molar-refractivity contribution is 7.80. The van der Waals surface area contributed by atoms with Crippen LogP contribution in [0.15, 0.2) is 0 Å². The number of hydrogen-bond acceptors (Lipinski definition) is 10. The third kappa shape index (κ3) is 34.8. The maximum Gasteiger partial charge on any atom is 0.303 e. The first-order valence-corrected chi connectivity index (χ1v) is 10.9. The van der Waals surface area contributed by atoms with Gasteiger partial charge in [0, 0.05) is 19.3 Å². The Bertz CT molecular complexity index is 347. The van der Waals surface area contributed by atoms with Gasteiger partial charge in [0.25, 0.3) is 0 Å². The molecule has 0 aliphatic heterocycles. The van der Waals surface area contributed by atoms with Crippen LogP contribution in [0, 0.1) is 5.41 Å². The lowest BCUT2D eigenvalue weighted by atomic mass is 9.93. The zero-order valence-electron chi connectivity index (χ0n) is 16.9. The van der Waals surface area contributed by atoms with Crippen molar-refractivity contribution >= 4 is 55.8 Å². The summed E-state index contributed by atoms with van der Waals surface area (Å²) in [4.78, 5) is 29.2. The number of carbonyl (C=O) groups is 3. The van der Waals surface area contributed by atoms with Gasteiger partial charge in [0.2, 0.25) is 0 Å². The van der Waals surface area contributed by atoms with E-state index in [1.54, 1.807) is 0 Å². The fourth-order valence-corrected chi connectivity index (χ4v) is 1.47. The largest absolute Gasteiger partial charge is 0.481 e. The van der Waals surface area contributed by atoms with E-state index in [4.69, 9.17) is 35.7 Å². The fourth-order valence-electron chi connectivity index (χ4n) is 0.991. The second kappa shape index (κ2) is 28.3. The Balaban J connectivity index is -0.000000151. The SMILES string of the molecule is O=C(O)CCCS.O=C(O)CCCS.O=C(O)CCCS.OCC(CO)(CO)CO. The van der Waals surface area contributed by atoms with E-state index >= 15 is 0 Å². The average molecular weight is 497 g/mol. The fraction of sp³-hybridized carbons (Fsp3) is 0.824. The number of hydrogen-bond donors (Lipinski definition) is 10. The number of carboxylic acid groups (broad SMARTS) is 3. The third-order valence-corrected chi connectivity index (χ3v) is 3.94. The Morgan fingerprint density at radius 1 is 0.533 bits per heavy atom. The zero-order valence-corrected chi connectivity index (χ0v) is 19.6. The number of thiol groups is 3. The van der Waals surface area contributed by atoms with Crippen molar-refractivity contribution in [1.29, 1.82) is 0 Å². The molecule has 0 spiro atoms. The lowest BCUT2D eigenvalue weighted by molar-refractivity contribution is -0.138. The van der Waals surface area contributed by atoms with Crippen LogP contribution in [0.1, 0.15) is 38.5 Å². The molecule has 0 aromatic rings. The molecule has 0 heterocycles. The molecule has 0 aliphatic rings. The van der Waals surface area contributed by atoms with Crippen LogP contribution in [0.2, 0.25) is 0 Å². The van der Waals surface area contributed by atoms with Crippen LogP contribution in [0.25, 0.3) is 0 Å². The molecule has 13 heteroatoms. The van der Waals surface area contributed by atoms with E-state index in [-0.39, 0.29) is 19.3 Å². The molecule has 0 bridgehead atoms. The van der Waals surface area contributed by atoms with E-state index in [1.807, 2.05) is 0 Å². The first-order chi connectivity index (χ1) is 14.1. The van der Waals surface area contributed by atoms with Gasteiger partial charge in [-0.05, 0) is 36.5 Å². The molecule has 0 rings (SSSR count). The zero-order chi connectivity index (χ0) is 24.4. The van der Waals surface area contributed by atoms with Gasteiger partial charge in [-0.25, -0.2) is 0 Å². The second-order valence-corrected chi connectivity index (χ2v) is 7.14.